The average molecular weight is 272 g/mol. The molecule has 114 valence electrons. The van der Waals surface area contributed by atoms with Gasteiger partial charge in [0, 0.05) is 5.41 Å². The summed E-state index contributed by atoms with van der Waals surface area (Å²) in [5.74, 6) is 0.326. The Morgan fingerprint density at radius 2 is 1.63 bits per heavy atom. The zero-order chi connectivity index (χ0) is 14.9. The molecule has 0 aliphatic carbocycles. The Kier molecular flexibility index (Phi) is 8.76. The quantitative estimate of drug-likeness (QED) is 0.209. The summed E-state index contributed by atoms with van der Waals surface area (Å²) in [6.07, 6.45) is 4.41. The second kappa shape index (κ2) is 9.15. The normalized spacial score (nSPS) is 13.5. The van der Waals surface area contributed by atoms with Gasteiger partial charge in [-0.25, -0.2) is 0 Å². The van der Waals surface area contributed by atoms with Crippen LogP contribution in [-0.4, -0.2) is 61.6 Å². The molecule has 0 bridgehead atoms. The van der Waals surface area contributed by atoms with E-state index in [2.05, 4.69) is 36.1 Å². The van der Waals surface area contributed by atoms with E-state index in [1.54, 1.807) is 0 Å². The van der Waals surface area contributed by atoms with E-state index in [9.17, 15) is 0 Å². The molecule has 0 unspecified atom stereocenters. The Balaban J connectivity index is 3.69. The molecule has 0 saturated carbocycles. The SMILES string of the molecule is CN(C)CCCN(C)CCCCC(C)(C)C(N)=NO. The van der Waals surface area contributed by atoms with Crippen LogP contribution in [0.5, 0.6) is 0 Å². The molecule has 0 fully saturated rings. The Hall–Kier alpha value is -0.810. The first-order valence-electron chi connectivity index (χ1n) is 7.11. The number of unbranched alkanes of at least 4 members (excludes halogenated alkanes) is 1. The van der Waals surface area contributed by atoms with E-state index in [4.69, 9.17) is 10.9 Å². The van der Waals surface area contributed by atoms with E-state index in [0.29, 0.717) is 5.84 Å². The van der Waals surface area contributed by atoms with Crippen molar-refractivity contribution in [1.29, 1.82) is 0 Å². The van der Waals surface area contributed by atoms with Gasteiger partial charge in [-0.2, -0.15) is 0 Å². The molecule has 0 atom stereocenters. The molecule has 3 N–H and O–H groups in total. The summed E-state index contributed by atoms with van der Waals surface area (Å²) in [5.41, 5.74) is 5.46. The van der Waals surface area contributed by atoms with Crippen molar-refractivity contribution >= 4 is 5.84 Å². The Morgan fingerprint density at radius 1 is 1.05 bits per heavy atom. The lowest BCUT2D eigenvalue weighted by Gasteiger charge is -2.23. The predicted octanol–water partition coefficient (Wildman–Crippen LogP) is 1.81. The zero-order valence-electron chi connectivity index (χ0n) is 13.3. The van der Waals surface area contributed by atoms with Gasteiger partial charge in [0.25, 0.3) is 0 Å². The van der Waals surface area contributed by atoms with Crippen LogP contribution in [-0.2, 0) is 0 Å². The van der Waals surface area contributed by atoms with E-state index < -0.39 is 0 Å². The Morgan fingerprint density at radius 3 is 2.16 bits per heavy atom. The van der Waals surface area contributed by atoms with Crippen LogP contribution in [0.15, 0.2) is 5.16 Å². The first kappa shape index (κ1) is 18.2. The van der Waals surface area contributed by atoms with Crippen LogP contribution in [0.4, 0.5) is 0 Å². The number of hydrogen-bond donors (Lipinski definition) is 2. The maximum absolute atomic E-state index is 8.71. The van der Waals surface area contributed by atoms with Crippen molar-refractivity contribution in [1.82, 2.24) is 9.80 Å². The topological polar surface area (TPSA) is 65.1 Å². The molecule has 0 aromatic heterocycles. The van der Waals surface area contributed by atoms with Gasteiger partial charge in [0.15, 0.2) is 0 Å². The van der Waals surface area contributed by atoms with Crippen LogP contribution in [0.2, 0.25) is 0 Å². The van der Waals surface area contributed by atoms with Crippen LogP contribution >= 0.6 is 0 Å². The minimum absolute atomic E-state index is 0.210. The van der Waals surface area contributed by atoms with Crippen molar-refractivity contribution in [2.45, 2.75) is 39.5 Å². The number of amidine groups is 1. The number of oxime groups is 1. The number of nitrogens with two attached hydrogens (primary N) is 1. The van der Waals surface area contributed by atoms with Gasteiger partial charge in [0.2, 0.25) is 0 Å². The first-order chi connectivity index (χ1) is 8.79. The van der Waals surface area contributed by atoms with Gasteiger partial charge in [-0.1, -0.05) is 25.4 Å². The first-order valence-corrected chi connectivity index (χ1v) is 7.11. The van der Waals surface area contributed by atoms with E-state index in [1.165, 1.54) is 6.42 Å². The highest BCUT2D eigenvalue weighted by Crippen LogP contribution is 2.23. The Labute approximate surface area is 118 Å². The van der Waals surface area contributed by atoms with E-state index >= 15 is 0 Å². The number of nitrogens with zero attached hydrogens (tertiary/aromatic N) is 3. The summed E-state index contributed by atoms with van der Waals surface area (Å²) >= 11 is 0. The maximum Gasteiger partial charge on any atom is 0.144 e. The van der Waals surface area contributed by atoms with Crippen LogP contribution in [0.25, 0.3) is 0 Å². The van der Waals surface area contributed by atoms with Crippen LogP contribution < -0.4 is 5.73 Å². The lowest BCUT2D eigenvalue weighted by molar-refractivity contribution is 0.285. The molecule has 0 saturated heterocycles. The molecule has 0 aromatic carbocycles. The van der Waals surface area contributed by atoms with Crippen molar-refractivity contribution in [2.24, 2.45) is 16.3 Å². The highest BCUT2D eigenvalue weighted by molar-refractivity contribution is 5.85. The fourth-order valence-corrected chi connectivity index (χ4v) is 1.98. The van der Waals surface area contributed by atoms with Gasteiger partial charge >= 0.3 is 0 Å². The summed E-state index contributed by atoms with van der Waals surface area (Å²) in [6.45, 7) is 7.42. The van der Waals surface area contributed by atoms with E-state index in [1.807, 2.05) is 13.8 Å². The third-order valence-corrected chi connectivity index (χ3v) is 3.54. The second-order valence-corrected chi connectivity index (χ2v) is 6.29. The van der Waals surface area contributed by atoms with Crippen LogP contribution in [0, 0.1) is 5.41 Å². The monoisotopic (exact) mass is 272 g/mol. The molecule has 5 heteroatoms. The standard InChI is InChI=1S/C14H32N4O/c1-14(2,13(15)16-19)9-6-7-11-18(5)12-8-10-17(3)4/h19H,6-12H2,1-5H3,(H2,15,16). The van der Waals surface area contributed by atoms with Gasteiger partial charge in [0.1, 0.15) is 5.84 Å². The average Bonchev–Trinajstić information content (AvgIpc) is 2.33. The van der Waals surface area contributed by atoms with Gasteiger partial charge in [-0.15, -0.1) is 0 Å². The van der Waals surface area contributed by atoms with Crippen molar-refractivity contribution in [3.8, 4) is 0 Å². The van der Waals surface area contributed by atoms with Crippen molar-refractivity contribution in [2.75, 3.05) is 40.8 Å². The summed E-state index contributed by atoms with van der Waals surface area (Å²) in [4.78, 5) is 4.59. The van der Waals surface area contributed by atoms with Gasteiger partial charge in [0.05, 0.1) is 0 Å². The predicted molar refractivity (Wildman–Crippen MR) is 81.7 cm³/mol. The van der Waals surface area contributed by atoms with Gasteiger partial charge in [-0.3, -0.25) is 0 Å². The smallest absolute Gasteiger partial charge is 0.144 e. The van der Waals surface area contributed by atoms with E-state index in [0.717, 1.165) is 38.9 Å². The summed E-state index contributed by atoms with van der Waals surface area (Å²) < 4.78 is 0. The third-order valence-electron chi connectivity index (χ3n) is 3.54. The fraction of sp³-hybridized carbons (Fsp3) is 0.929. The second-order valence-electron chi connectivity index (χ2n) is 6.29. The van der Waals surface area contributed by atoms with Crippen molar-refractivity contribution in [3.63, 3.8) is 0 Å². The molecule has 5 nitrogen and oxygen atoms in total. The summed E-state index contributed by atoms with van der Waals surface area (Å²) in [5, 5.41) is 11.8. The molecule has 0 heterocycles. The minimum Gasteiger partial charge on any atom is -0.409 e. The number of rotatable bonds is 10. The molecule has 0 aromatic rings. The third kappa shape index (κ3) is 8.83. The Bertz CT molecular complexity index is 264. The molecule has 0 spiro atoms. The molecule has 0 rings (SSSR count). The maximum atomic E-state index is 8.71. The lowest BCUT2D eigenvalue weighted by Crippen LogP contribution is -2.32. The molecular weight excluding hydrogens is 240 g/mol. The minimum atomic E-state index is -0.210. The highest BCUT2D eigenvalue weighted by Gasteiger charge is 2.22. The van der Waals surface area contributed by atoms with Gasteiger partial charge < -0.3 is 20.7 Å². The highest BCUT2D eigenvalue weighted by atomic mass is 16.4. The summed E-state index contributed by atoms with van der Waals surface area (Å²) in [6, 6.07) is 0. The summed E-state index contributed by atoms with van der Waals surface area (Å²) in [7, 11) is 6.38. The molecule has 0 radical (unpaired) electrons. The van der Waals surface area contributed by atoms with Crippen molar-refractivity contribution in [3.05, 3.63) is 0 Å². The van der Waals surface area contributed by atoms with Crippen molar-refractivity contribution < 1.29 is 5.21 Å². The molecule has 0 aliphatic rings. The molecule has 0 amide bonds. The lowest BCUT2D eigenvalue weighted by atomic mass is 9.86. The van der Waals surface area contributed by atoms with Crippen LogP contribution in [0.1, 0.15) is 39.5 Å². The molecule has 19 heavy (non-hydrogen) atoms. The van der Waals surface area contributed by atoms with E-state index in [-0.39, 0.29) is 5.41 Å². The van der Waals surface area contributed by atoms with Gasteiger partial charge in [-0.05, 0) is 60.0 Å². The number of hydrogen-bond acceptors (Lipinski definition) is 4. The largest absolute Gasteiger partial charge is 0.409 e. The molecular formula is C14H32N4O. The van der Waals surface area contributed by atoms with Crippen LogP contribution in [0.3, 0.4) is 0 Å². The fourth-order valence-electron chi connectivity index (χ4n) is 1.98. The molecule has 0 aliphatic heterocycles. The zero-order valence-corrected chi connectivity index (χ0v) is 13.3.